The number of nitrogens with two attached hydrogens (primary N) is 1. The number of aromatic nitrogens is 3. The van der Waals surface area contributed by atoms with Crippen LogP contribution in [0.2, 0.25) is 5.02 Å². The molecular formula is C21H12ClF4N5O2. The first-order valence-corrected chi connectivity index (χ1v) is 9.54. The van der Waals surface area contributed by atoms with Crippen molar-refractivity contribution in [2.45, 2.75) is 6.18 Å². The van der Waals surface area contributed by atoms with E-state index in [0.29, 0.717) is 15.1 Å². The summed E-state index contributed by atoms with van der Waals surface area (Å²) in [5.74, 6) is -1.91. The van der Waals surface area contributed by atoms with E-state index in [1.54, 1.807) is 0 Å². The standard InChI is InChI=1S/C21H12ClF4N5O2/c22-13-5-1-11(2-6-13)15-9-17(21(24,25)26)31-18(28-15)10-16(29-31)20(32)33-30-19(27)12-3-7-14(23)8-4-12/h1-10H,(H2,27,30). The van der Waals surface area contributed by atoms with Crippen molar-refractivity contribution in [2.75, 3.05) is 0 Å². The Morgan fingerprint density at radius 3 is 2.36 bits per heavy atom. The van der Waals surface area contributed by atoms with E-state index in [1.807, 2.05) is 0 Å². The van der Waals surface area contributed by atoms with Crippen molar-refractivity contribution in [3.05, 3.63) is 88.5 Å². The lowest BCUT2D eigenvalue weighted by Gasteiger charge is -2.11. The van der Waals surface area contributed by atoms with E-state index in [-0.39, 0.29) is 22.7 Å². The van der Waals surface area contributed by atoms with Crippen molar-refractivity contribution in [3.63, 3.8) is 0 Å². The quantitative estimate of drug-likeness (QED) is 0.151. The van der Waals surface area contributed by atoms with Crippen LogP contribution in [0.5, 0.6) is 0 Å². The van der Waals surface area contributed by atoms with Crippen LogP contribution in [0.25, 0.3) is 16.9 Å². The number of hydrogen-bond donors (Lipinski definition) is 1. The van der Waals surface area contributed by atoms with E-state index < -0.39 is 29.4 Å². The van der Waals surface area contributed by atoms with Gasteiger partial charge in [0.05, 0.1) is 5.69 Å². The highest BCUT2D eigenvalue weighted by atomic mass is 35.5. The fraction of sp³-hybridized carbons (Fsp3) is 0.0476. The SMILES string of the molecule is N/C(=N\OC(=O)c1cc2nc(-c3ccc(Cl)cc3)cc(C(F)(F)F)n2n1)c1ccc(F)cc1. The van der Waals surface area contributed by atoms with E-state index in [2.05, 4.69) is 20.1 Å². The number of benzene rings is 2. The molecule has 0 unspecified atom stereocenters. The molecule has 0 saturated carbocycles. The maximum atomic E-state index is 13.7. The maximum Gasteiger partial charge on any atom is 0.433 e. The van der Waals surface area contributed by atoms with Gasteiger partial charge in [0.15, 0.2) is 22.9 Å². The first-order chi connectivity index (χ1) is 15.6. The Morgan fingerprint density at radius 1 is 1.06 bits per heavy atom. The summed E-state index contributed by atoms with van der Waals surface area (Å²) in [4.78, 5) is 21.2. The molecule has 2 N–H and O–H groups in total. The number of alkyl halides is 3. The highest BCUT2D eigenvalue weighted by molar-refractivity contribution is 6.30. The fourth-order valence-corrected chi connectivity index (χ4v) is 2.98. The van der Waals surface area contributed by atoms with E-state index in [4.69, 9.17) is 17.3 Å². The number of carbonyl (C=O) groups is 1. The molecule has 0 spiro atoms. The molecule has 12 heteroatoms. The van der Waals surface area contributed by atoms with E-state index in [9.17, 15) is 22.4 Å². The third-order valence-corrected chi connectivity index (χ3v) is 4.69. The Hall–Kier alpha value is -3.99. The van der Waals surface area contributed by atoms with Crippen LogP contribution in [0.15, 0.2) is 65.8 Å². The van der Waals surface area contributed by atoms with E-state index in [1.165, 1.54) is 36.4 Å². The number of amidine groups is 1. The van der Waals surface area contributed by atoms with Crippen molar-refractivity contribution in [1.82, 2.24) is 14.6 Å². The summed E-state index contributed by atoms with van der Waals surface area (Å²) in [6.07, 6.45) is -4.79. The summed E-state index contributed by atoms with van der Waals surface area (Å²) in [6.45, 7) is 0. The smallest absolute Gasteiger partial charge is 0.380 e. The van der Waals surface area contributed by atoms with Gasteiger partial charge in [-0.15, -0.1) is 0 Å². The third-order valence-electron chi connectivity index (χ3n) is 4.43. The lowest BCUT2D eigenvalue weighted by Crippen LogP contribution is -2.16. The molecule has 7 nitrogen and oxygen atoms in total. The molecule has 2 aromatic carbocycles. The van der Waals surface area contributed by atoms with Gasteiger partial charge in [-0.3, -0.25) is 0 Å². The second-order valence-corrected chi connectivity index (χ2v) is 7.13. The molecule has 0 atom stereocenters. The Balaban J connectivity index is 1.69. The average Bonchev–Trinajstić information content (AvgIpc) is 3.21. The third kappa shape index (κ3) is 4.77. The molecule has 168 valence electrons. The molecule has 0 bridgehead atoms. The molecule has 33 heavy (non-hydrogen) atoms. The average molecular weight is 478 g/mol. The zero-order chi connectivity index (χ0) is 23.8. The lowest BCUT2D eigenvalue weighted by atomic mass is 10.1. The maximum absolute atomic E-state index is 13.7. The lowest BCUT2D eigenvalue weighted by molar-refractivity contribution is -0.142. The van der Waals surface area contributed by atoms with Gasteiger partial charge in [-0.2, -0.15) is 18.3 Å². The van der Waals surface area contributed by atoms with Crippen LogP contribution < -0.4 is 5.73 Å². The molecule has 4 rings (SSSR count). The summed E-state index contributed by atoms with van der Waals surface area (Å²) in [5, 5.41) is 7.51. The molecule has 0 aliphatic rings. The highest BCUT2D eigenvalue weighted by Gasteiger charge is 2.35. The van der Waals surface area contributed by atoms with Gasteiger partial charge in [-0.05, 0) is 42.5 Å². The minimum atomic E-state index is -4.79. The topological polar surface area (TPSA) is 94.9 Å². The van der Waals surface area contributed by atoms with Gasteiger partial charge in [0.1, 0.15) is 5.82 Å². The van der Waals surface area contributed by atoms with E-state index in [0.717, 1.165) is 24.3 Å². The Kier molecular flexibility index (Phi) is 5.73. The number of oxime groups is 1. The molecular weight excluding hydrogens is 466 g/mol. The van der Waals surface area contributed by atoms with Crippen molar-refractivity contribution in [1.29, 1.82) is 0 Å². The van der Waals surface area contributed by atoms with Gasteiger partial charge in [0, 0.05) is 22.2 Å². The molecule has 0 fully saturated rings. The molecule has 2 heterocycles. The summed E-state index contributed by atoms with van der Waals surface area (Å²) in [7, 11) is 0. The van der Waals surface area contributed by atoms with Crippen molar-refractivity contribution in [3.8, 4) is 11.3 Å². The highest BCUT2D eigenvalue weighted by Crippen LogP contribution is 2.32. The molecule has 0 aliphatic carbocycles. The number of hydrogen-bond acceptors (Lipinski definition) is 5. The van der Waals surface area contributed by atoms with Crippen LogP contribution in [0.4, 0.5) is 17.6 Å². The second-order valence-electron chi connectivity index (χ2n) is 6.69. The van der Waals surface area contributed by atoms with Gasteiger partial charge in [-0.1, -0.05) is 28.9 Å². The summed E-state index contributed by atoms with van der Waals surface area (Å²) in [6, 6.07) is 12.8. The summed E-state index contributed by atoms with van der Waals surface area (Å²) in [5.41, 5.74) is 4.48. The normalized spacial score (nSPS) is 12.2. The number of carbonyl (C=O) groups excluding carboxylic acids is 1. The van der Waals surface area contributed by atoms with Crippen LogP contribution >= 0.6 is 11.6 Å². The zero-order valence-corrected chi connectivity index (χ0v) is 17.1. The molecule has 0 amide bonds. The monoisotopic (exact) mass is 477 g/mol. The van der Waals surface area contributed by atoms with Gasteiger partial charge in [0.2, 0.25) is 0 Å². The van der Waals surface area contributed by atoms with Gasteiger partial charge in [-0.25, -0.2) is 18.7 Å². The summed E-state index contributed by atoms with van der Waals surface area (Å²) >= 11 is 5.83. The minimum absolute atomic E-state index is 0.00452. The number of fused-ring (bicyclic) bond motifs is 1. The van der Waals surface area contributed by atoms with Gasteiger partial charge in [0.25, 0.3) is 0 Å². The Labute approximate surface area is 188 Å². The predicted octanol–water partition coefficient (Wildman–Crippen LogP) is 4.68. The van der Waals surface area contributed by atoms with Crippen LogP contribution in [0.3, 0.4) is 0 Å². The molecule has 0 saturated heterocycles. The van der Waals surface area contributed by atoms with Crippen molar-refractivity contribution in [2.24, 2.45) is 10.9 Å². The number of nitrogens with zero attached hydrogens (tertiary/aromatic N) is 4. The first-order valence-electron chi connectivity index (χ1n) is 9.16. The van der Waals surface area contributed by atoms with Crippen LogP contribution in [0, 0.1) is 5.82 Å². The van der Waals surface area contributed by atoms with Crippen LogP contribution in [-0.4, -0.2) is 26.4 Å². The Morgan fingerprint density at radius 2 is 1.73 bits per heavy atom. The Bertz CT molecular complexity index is 1370. The second kappa shape index (κ2) is 8.51. The van der Waals surface area contributed by atoms with Crippen LogP contribution in [0.1, 0.15) is 21.7 Å². The zero-order valence-electron chi connectivity index (χ0n) is 16.3. The molecule has 2 aromatic heterocycles. The van der Waals surface area contributed by atoms with Crippen LogP contribution in [-0.2, 0) is 11.0 Å². The van der Waals surface area contributed by atoms with Crippen molar-refractivity contribution < 1.29 is 27.2 Å². The number of rotatable bonds is 4. The molecule has 0 radical (unpaired) electrons. The molecule has 4 aromatic rings. The van der Waals surface area contributed by atoms with Crippen molar-refractivity contribution >= 4 is 29.1 Å². The van der Waals surface area contributed by atoms with Gasteiger partial charge >= 0.3 is 12.1 Å². The fourth-order valence-electron chi connectivity index (χ4n) is 2.86. The molecule has 0 aliphatic heterocycles. The number of halogens is 5. The minimum Gasteiger partial charge on any atom is -0.380 e. The summed E-state index contributed by atoms with van der Waals surface area (Å²) < 4.78 is 54.5. The van der Waals surface area contributed by atoms with E-state index >= 15 is 0 Å². The first kappa shape index (κ1) is 22.2. The predicted molar refractivity (Wildman–Crippen MR) is 111 cm³/mol. The van der Waals surface area contributed by atoms with Gasteiger partial charge < -0.3 is 10.6 Å². The largest absolute Gasteiger partial charge is 0.433 e.